The molecule has 1 amide bonds. The van der Waals surface area contributed by atoms with Crippen LogP contribution in [-0.4, -0.2) is 56.2 Å². The van der Waals surface area contributed by atoms with E-state index >= 15 is 0 Å². The molecule has 30 heavy (non-hydrogen) atoms. The second kappa shape index (κ2) is 7.96. The molecule has 8 heteroatoms. The zero-order chi connectivity index (χ0) is 22.3. The average Bonchev–Trinajstić information content (AvgIpc) is 3.20. The summed E-state index contributed by atoms with van der Waals surface area (Å²) in [6.45, 7) is 16.9. The fourth-order valence-corrected chi connectivity index (χ4v) is 4.54. The van der Waals surface area contributed by atoms with Gasteiger partial charge < -0.3 is 13.9 Å². The molecule has 3 aliphatic rings. The van der Waals surface area contributed by atoms with Gasteiger partial charge in [0.05, 0.1) is 30.1 Å². The Morgan fingerprint density at radius 3 is 2.43 bits per heavy atom. The highest BCUT2D eigenvalue weighted by Gasteiger charge is 2.44. The van der Waals surface area contributed by atoms with E-state index in [-0.39, 0.29) is 23.2 Å². The van der Waals surface area contributed by atoms with Crippen LogP contribution in [0.3, 0.4) is 0 Å². The molecule has 3 heterocycles. The lowest BCUT2D eigenvalue weighted by Crippen LogP contribution is -2.48. The number of rotatable bonds is 3. The Kier molecular flexibility index (Phi) is 6.04. The van der Waals surface area contributed by atoms with Gasteiger partial charge in [-0.1, -0.05) is 20.8 Å². The minimum absolute atomic E-state index is 0.0256. The zero-order valence-electron chi connectivity index (χ0n) is 19.4. The standard InChI is InChI=1S/C22H35N3O4Si/c1-21(2,3)28-20(26)25-13-17(29-30(7,8)22(4,5)6)19-18(24-14-25)15(12-23-19)16-10-9-11-27-16/h9,11-12,14-17H,10,13H2,1-8H3/t15?,16-,17-/m1/s1. The molecule has 0 radical (unpaired) electrons. The summed E-state index contributed by atoms with van der Waals surface area (Å²) in [7, 11) is -2.13. The Labute approximate surface area is 181 Å². The van der Waals surface area contributed by atoms with E-state index in [1.54, 1.807) is 12.6 Å². The summed E-state index contributed by atoms with van der Waals surface area (Å²) in [5.74, 6) is -0.0599. The summed E-state index contributed by atoms with van der Waals surface area (Å²) in [6.07, 6.45) is 7.18. The van der Waals surface area contributed by atoms with Gasteiger partial charge in [0.15, 0.2) is 8.32 Å². The van der Waals surface area contributed by atoms with Crippen LogP contribution in [0.4, 0.5) is 4.79 Å². The molecule has 0 N–H and O–H groups in total. The average molecular weight is 434 g/mol. The predicted octanol–water partition coefficient (Wildman–Crippen LogP) is 4.87. The normalized spacial score (nSPS) is 26.7. The number of carbonyl (C=O) groups excluding carboxylic acids is 1. The predicted molar refractivity (Wildman–Crippen MR) is 121 cm³/mol. The Hall–Kier alpha value is -1.93. The van der Waals surface area contributed by atoms with Crippen LogP contribution in [0, 0.1) is 5.92 Å². The minimum atomic E-state index is -2.13. The number of hydrogen-bond acceptors (Lipinski definition) is 6. The largest absolute Gasteiger partial charge is 0.497 e. The lowest BCUT2D eigenvalue weighted by atomic mass is 9.98. The fraction of sp³-hybridized carbons (Fsp3) is 0.682. The van der Waals surface area contributed by atoms with Gasteiger partial charge in [0.25, 0.3) is 0 Å². The second-order valence-electron chi connectivity index (χ2n) is 10.6. The molecule has 0 aromatic heterocycles. The van der Waals surface area contributed by atoms with E-state index < -0.39 is 20.0 Å². The highest BCUT2D eigenvalue weighted by atomic mass is 28.4. The van der Waals surface area contributed by atoms with Gasteiger partial charge >= 0.3 is 6.09 Å². The van der Waals surface area contributed by atoms with Gasteiger partial charge in [-0.05, 0) is 45.0 Å². The molecule has 0 aromatic carbocycles. The Bertz CT molecular complexity index is 794. The summed E-state index contributed by atoms with van der Waals surface area (Å²) in [5, 5.41) is 0.0256. The molecular weight excluding hydrogens is 398 g/mol. The highest BCUT2D eigenvalue weighted by molar-refractivity contribution is 6.74. The molecule has 3 aliphatic heterocycles. The molecule has 3 atom stereocenters. The van der Waals surface area contributed by atoms with E-state index in [4.69, 9.17) is 18.9 Å². The van der Waals surface area contributed by atoms with Crippen molar-refractivity contribution < 1.29 is 18.7 Å². The number of ether oxygens (including phenoxy) is 2. The van der Waals surface area contributed by atoms with Crippen LogP contribution in [0.15, 0.2) is 33.7 Å². The number of carbonyl (C=O) groups is 1. The van der Waals surface area contributed by atoms with Crippen molar-refractivity contribution in [2.24, 2.45) is 15.9 Å². The molecule has 0 aromatic rings. The van der Waals surface area contributed by atoms with Crippen LogP contribution in [0.2, 0.25) is 18.1 Å². The zero-order valence-corrected chi connectivity index (χ0v) is 20.4. The van der Waals surface area contributed by atoms with Crippen molar-refractivity contribution in [2.75, 3.05) is 6.54 Å². The number of nitrogens with zero attached hydrogens (tertiary/aromatic N) is 3. The van der Waals surface area contributed by atoms with Crippen molar-refractivity contribution >= 4 is 27.0 Å². The van der Waals surface area contributed by atoms with Gasteiger partial charge in [-0.2, -0.15) is 0 Å². The molecule has 3 rings (SSSR count). The van der Waals surface area contributed by atoms with Crippen LogP contribution in [0.25, 0.3) is 0 Å². The molecule has 0 aliphatic carbocycles. The number of hydrogen-bond donors (Lipinski definition) is 0. The van der Waals surface area contributed by atoms with E-state index in [1.165, 1.54) is 4.90 Å². The molecule has 0 fully saturated rings. The Balaban J connectivity index is 1.92. The van der Waals surface area contributed by atoms with Crippen LogP contribution in [0.5, 0.6) is 0 Å². The number of amides is 1. The van der Waals surface area contributed by atoms with E-state index in [1.807, 2.05) is 33.1 Å². The van der Waals surface area contributed by atoms with Crippen LogP contribution in [0.1, 0.15) is 48.0 Å². The van der Waals surface area contributed by atoms with Gasteiger partial charge in [0.2, 0.25) is 0 Å². The third-order valence-electron chi connectivity index (χ3n) is 5.95. The van der Waals surface area contributed by atoms with E-state index in [9.17, 15) is 4.79 Å². The Morgan fingerprint density at radius 2 is 1.87 bits per heavy atom. The van der Waals surface area contributed by atoms with Crippen molar-refractivity contribution in [1.82, 2.24) is 4.90 Å². The maximum Gasteiger partial charge on any atom is 0.415 e. The highest BCUT2D eigenvalue weighted by Crippen LogP contribution is 2.41. The lowest BCUT2D eigenvalue weighted by molar-refractivity contribution is 0.0332. The van der Waals surface area contributed by atoms with Gasteiger partial charge in [-0.25, -0.2) is 9.79 Å². The monoisotopic (exact) mass is 433 g/mol. The van der Waals surface area contributed by atoms with Crippen LogP contribution in [-0.2, 0) is 13.9 Å². The fourth-order valence-electron chi connectivity index (χ4n) is 3.29. The van der Waals surface area contributed by atoms with Crippen molar-refractivity contribution in [1.29, 1.82) is 0 Å². The first kappa shape index (κ1) is 22.7. The summed E-state index contributed by atoms with van der Waals surface area (Å²) in [5.41, 5.74) is 1.02. The van der Waals surface area contributed by atoms with Crippen LogP contribution < -0.4 is 0 Å². The maximum atomic E-state index is 12.8. The van der Waals surface area contributed by atoms with E-state index in [2.05, 4.69) is 38.9 Å². The molecule has 1 unspecified atom stereocenters. The molecule has 166 valence electrons. The van der Waals surface area contributed by atoms with Gasteiger partial charge in [-0.15, -0.1) is 0 Å². The third-order valence-corrected chi connectivity index (χ3v) is 10.4. The Morgan fingerprint density at radius 1 is 1.17 bits per heavy atom. The molecule has 0 saturated heterocycles. The molecular formula is C22H35N3O4Si. The van der Waals surface area contributed by atoms with E-state index in [0.717, 1.165) is 17.8 Å². The second-order valence-corrected chi connectivity index (χ2v) is 15.4. The van der Waals surface area contributed by atoms with Crippen molar-refractivity contribution in [3.05, 3.63) is 23.7 Å². The molecule has 0 bridgehead atoms. The SMILES string of the molecule is CC(C)(C)OC(=O)N1C=NC2=C(N=CC2[C@H]2CC=CO2)[C@H](O[Si](C)(C)C(C)(C)C)C1. The molecule has 0 saturated carbocycles. The number of aliphatic imine (C=N–C) groups is 2. The summed E-state index contributed by atoms with van der Waals surface area (Å²) in [4.78, 5) is 23.7. The smallest absolute Gasteiger partial charge is 0.415 e. The first-order valence-corrected chi connectivity index (χ1v) is 13.5. The van der Waals surface area contributed by atoms with Crippen molar-refractivity contribution in [2.45, 2.75) is 83.9 Å². The quantitative estimate of drug-likeness (QED) is 0.595. The summed E-state index contributed by atoms with van der Waals surface area (Å²) < 4.78 is 18.1. The maximum absolute atomic E-state index is 12.8. The van der Waals surface area contributed by atoms with Gasteiger partial charge in [-0.3, -0.25) is 9.89 Å². The molecule has 7 nitrogen and oxygen atoms in total. The minimum Gasteiger partial charge on any atom is -0.497 e. The molecule has 0 spiro atoms. The lowest BCUT2D eigenvalue weighted by Gasteiger charge is -2.39. The topological polar surface area (TPSA) is 72.7 Å². The van der Waals surface area contributed by atoms with Gasteiger partial charge in [0, 0.05) is 12.6 Å². The van der Waals surface area contributed by atoms with Crippen molar-refractivity contribution in [3.63, 3.8) is 0 Å². The first-order valence-electron chi connectivity index (χ1n) is 10.6. The third kappa shape index (κ3) is 4.86. The van der Waals surface area contributed by atoms with E-state index in [0.29, 0.717) is 6.54 Å². The summed E-state index contributed by atoms with van der Waals surface area (Å²) >= 11 is 0. The van der Waals surface area contributed by atoms with Crippen LogP contribution >= 0.6 is 0 Å². The first-order chi connectivity index (χ1) is 13.8. The summed E-state index contributed by atoms with van der Waals surface area (Å²) in [6, 6.07) is 0. The van der Waals surface area contributed by atoms with Crippen molar-refractivity contribution in [3.8, 4) is 0 Å². The van der Waals surface area contributed by atoms with Gasteiger partial charge in [0.1, 0.15) is 24.1 Å².